The first-order valence-corrected chi connectivity index (χ1v) is 5.73. The Morgan fingerprint density at radius 3 is 2.53 bits per heavy atom. The van der Waals surface area contributed by atoms with Crippen LogP contribution in [0.4, 0.5) is 5.69 Å². The van der Waals surface area contributed by atoms with Crippen LogP contribution < -0.4 is 9.64 Å². The summed E-state index contributed by atoms with van der Waals surface area (Å²) in [7, 11) is 1.62. The van der Waals surface area contributed by atoms with E-state index >= 15 is 0 Å². The van der Waals surface area contributed by atoms with E-state index in [2.05, 4.69) is 6.58 Å². The number of ether oxygens (including phenoxy) is 1. The standard InChI is InChI=1S/C13H15NO2.CO2/c1-10-7-8-14(13(15)9-10)11-5-3-4-6-12(11)16-2;2-1-3/h3-6H,1,7-9H2,2H3;. The fourth-order valence-electron chi connectivity index (χ4n) is 1.90. The molecule has 5 nitrogen and oxygen atoms in total. The van der Waals surface area contributed by atoms with Gasteiger partial charge in [0, 0.05) is 13.0 Å². The number of anilines is 1. The van der Waals surface area contributed by atoms with Crippen LogP contribution in [0.2, 0.25) is 0 Å². The predicted octanol–water partition coefficient (Wildman–Crippen LogP) is 1.79. The number of piperidine rings is 1. The predicted molar refractivity (Wildman–Crippen MR) is 68.7 cm³/mol. The molecular weight excluding hydrogens is 246 g/mol. The van der Waals surface area contributed by atoms with Crippen LogP contribution in [0.3, 0.4) is 0 Å². The minimum atomic E-state index is 0.0979. The lowest BCUT2D eigenvalue weighted by molar-refractivity contribution is -0.191. The normalized spacial score (nSPS) is 14.3. The number of hydrogen-bond donors (Lipinski definition) is 0. The van der Waals surface area contributed by atoms with E-state index in [9.17, 15) is 4.79 Å². The number of rotatable bonds is 2. The second kappa shape index (κ2) is 7.13. The van der Waals surface area contributed by atoms with E-state index in [-0.39, 0.29) is 12.1 Å². The Bertz CT molecular complexity index is 504. The van der Waals surface area contributed by atoms with Crippen molar-refractivity contribution in [3.8, 4) is 5.75 Å². The van der Waals surface area contributed by atoms with Crippen LogP contribution in [0, 0.1) is 0 Å². The first-order chi connectivity index (χ1) is 9.13. The summed E-state index contributed by atoms with van der Waals surface area (Å²) in [6, 6.07) is 7.58. The average molecular weight is 261 g/mol. The quantitative estimate of drug-likeness (QED) is 0.761. The summed E-state index contributed by atoms with van der Waals surface area (Å²) in [4.78, 5) is 29.9. The summed E-state index contributed by atoms with van der Waals surface area (Å²) in [6.45, 7) is 4.55. The second-order valence-corrected chi connectivity index (χ2v) is 3.98. The largest absolute Gasteiger partial charge is 0.495 e. The molecule has 0 aromatic heterocycles. The maximum Gasteiger partial charge on any atom is 0.373 e. The molecular formula is C14H15NO4. The maximum atomic E-state index is 11.9. The minimum absolute atomic E-state index is 0.0979. The smallest absolute Gasteiger partial charge is 0.373 e. The average Bonchev–Trinajstić information content (AvgIpc) is 2.40. The molecule has 1 aromatic carbocycles. The number of benzene rings is 1. The molecule has 1 saturated heterocycles. The van der Waals surface area contributed by atoms with Crippen LogP contribution in [0.1, 0.15) is 12.8 Å². The van der Waals surface area contributed by atoms with Gasteiger partial charge in [-0.3, -0.25) is 4.79 Å². The number of carbonyl (C=O) groups excluding carboxylic acids is 3. The van der Waals surface area contributed by atoms with Crippen LogP contribution in [0.5, 0.6) is 5.75 Å². The van der Waals surface area contributed by atoms with Gasteiger partial charge in [0.1, 0.15) is 5.75 Å². The monoisotopic (exact) mass is 261 g/mol. The van der Waals surface area contributed by atoms with Crippen molar-refractivity contribution < 1.29 is 19.1 Å². The first-order valence-electron chi connectivity index (χ1n) is 5.73. The van der Waals surface area contributed by atoms with E-state index in [4.69, 9.17) is 14.3 Å². The highest BCUT2D eigenvalue weighted by Crippen LogP contribution is 2.31. The van der Waals surface area contributed by atoms with Gasteiger partial charge in [-0.1, -0.05) is 24.3 Å². The summed E-state index contributed by atoms with van der Waals surface area (Å²) in [5.74, 6) is 0.837. The highest BCUT2D eigenvalue weighted by Gasteiger charge is 2.23. The van der Waals surface area contributed by atoms with Crippen molar-refractivity contribution in [2.24, 2.45) is 0 Å². The van der Waals surface area contributed by atoms with Gasteiger partial charge in [-0.2, -0.15) is 9.59 Å². The maximum absolute atomic E-state index is 11.9. The molecule has 1 aliphatic heterocycles. The topological polar surface area (TPSA) is 63.7 Å². The lowest BCUT2D eigenvalue weighted by Crippen LogP contribution is -2.36. The summed E-state index contributed by atoms with van der Waals surface area (Å²) in [5, 5.41) is 0. The van der Waals surface area contributed by atoms with Crippen LogP contribution in [0.15, 0.2) is 36.4 Å². The summed E-state index contributed by atoms with van der Waals surface area (Å²) < 4.78 is 5.26. The Kier molecular flexibility index (Phi) is 5.51. The van der Waals surface area contributed by atoms with Gasteiger partial charge in [-0.05, 0) is 18.6 Å². The number of carbonyl (C=O) groups is 1. The molecule has 0 bridgehead atoms. The first kappa shape index (κ1) is 14.7. The van der Waals surface area contributed by atoms with E-state index < -0.39 is 0 Å². The van der Waals surface area contributed by atoms with Gasteiger partial charge in [-0.25, -0.2) is 0 Å². The van der Waals surface area contributed by atoms with Crippen molar-refractivity contribution in [1.29, 1.82) is 0 Å². The van der Waals surface area contributed by atoms with Crippen LogP contribution in [-0.4, -0.2) is 25.7 Å². The molecule has 1 fully saturated rings. The molecule has 0 spiro atoms. The lowest BCUT2D eigenvalue weighted by atomic mass is 10.0. The van der Waals surface area contributed by atoms with Gasteiger partial charge < -0.3 is 9.64 Å². The van der Waals surface area contributed by atoms with Gasteiger partial charge in [-0.15, -0.1) is 0 Å². The molecule has 19 heavy (non-hydrogen) atoms. The molecule has 0 unspecified atom stereocenters. The van der Waals surface area contributed by atoms with Crippen LogP contribution in [-0.2, 0) is 14.4 Å². The molecule has 1 heterocycles. The summed E-state index contributed by atoms with van der Waals surface area (Å²) in [6.07, 6.45) is 1.56. The number of methoxy groups -OCH3 is 1. The van der Waals surface area contributed by atoms with Crippen LogP contribution >= 0.6 is 0 Å². The van der Waals surface area contributed by atoms with E-state index in [1.807, 2.05) is 24.3 Å². The van der Waals surface area contributed by atoms with E-state index in [1.54, 1.807) is 12.0 Å². The van der Waals surface area contributed by atoms with Gasteiger partial charge in [0.2, 0.25) is 5.91 Å². The molecule has 0 atom stereocenters. The Morgan fingerprint density at radius 2 is 1.95 bits per heavy atom. The van der Waals surface area contributed by atoms with E-state index in [0.29, 0.717) is 13.0 Å². The molecule has 5 heteroatoms. The Hall–Kier alpha value is -2.39. The van der Waals surface area contributed by atoms with Crippen LogP contribution in [0.25, 0.3) is 0 Å². The summed E-state index contributed by atoms with van der Waals surface area (Å²) in [5.41, 5.74) is 1.86. The second-order valence-electron chi connectivity index (χ2n) is 3.98. The van der Waals surface area contributed by atoms with E-state index in [1.165, 1.54) is 0 Å². The third-order valence-corrected chi connectivity index (χ3v) is 2.77. The van der Waals surface area contributed by atoms with Crippen molar-refractivity contribution >= 4 is 17.7 Å². The third kappa shape index (κ3) is 3.79. The SMILES string of the molecule is C=C1CCN(c2ccccc2OC)C(=O)C1.O=C=O. The Morgan fingerprint density at radius 1 is 1.32 bits per heavy atom. The number of nitrogens with zero attached hydrogens (tertiary/aromatic N) is 1. The summed E-state index contributed by atoms with van der Waals surface area (Å²) >= 11 is 0. The molecule has 0 aliphatic carbocycles. The highest BCUT2D eigenvalue weighted by atomic mass is 16.5. The molecule has 1 aliphatic rings. The molecule has 0 radical (unpaired) electrons. The molecule has 1 aromatic rings. The zero-order chi connectivity index (χ0) is 14.3. The molecule has 0 N–H and O–H groups in total. The van der Waals surface area contributed by atoms with Gasteiger partial charge in [0.25, 0.3) is 0 Å². The fourth-order valence-corrected chi connectivity index (χ4v) is 1.90. The van der Waals surface area contributed by atoms with Crippen molar-refractivity contribution in [2.45, 2.75) is 12.8 Å². The Labute approximate surface area is 111 Å². The van der Waals surface area contributed by atoms with E-state index in [0.717, 1.165) is 23.4 Å². The number of hydrogen-bond acceptors (Lipinski definition) is 4. The van der Waals surface area contributed by atoms with Crippen molar-refractivity contribution in [2.75, 3.05) is 18.6 Å². The molecule has 100 valence electrons. The van der Waals surface area contributed by atoms with Crippen molar-refractivity contribution in [3.05, 3.63) is 36.4 Å². The third-order valence-electron chi connectivity index (χ3n) is 2.77. The fraction of sp³-hybridized carbons (Fsp3) is 0.286. The molecule has 2 rings (SSSR count). The zero-order valence-corrected chi connectivity index (χ0v) is 10.7. The number of para-hydroxylation sites is 2. The lowest BCUT2D eigenvalue weighted by Gasteiger charge is -2.29. The van der Waals surface area contributed by atoms with Crippen molar-refractivity contribution in [3.63, 3.8) is 0 Å². The Balaban J connectivity index is 0.000000550. The van der Waals surface area contributed by atoms with Gasteiger partial charge in [0.15, 0.2) is 0 Å². The molecule has 1 amide bonds. The zero-order valence-electron chi connectivity index (χ0n) is 10.7. The highest BCUT2D eigenvalue weighted by molar-refractivity contribution is 5.97. The van der Waals surface area contributed by atoms with Gasteiger partial charge >= 0.3 is 6.15 Å². The minimum Gasteiger partial charge on any atom is -0.495 e. The molecule has 0 saturated carbocycles. The van der Waals surface area contributed by atoms with Gasteiger partial charge in [0.05, 0.1) is 12.8 Å². The van der Waals surface area contributed by atoms with Crippen molar-refractivity contribution in [1.82, 2.24) is 0 Å². The number of amides is 1.